The maximum Gasteiger partial charge on any atom is 0.416 e. The number of carbonyl (C=O) groups is 1. The van der Waals surface area contributed by atoms with Crippen molar-refractivity contribution in [3.63, 3.8) is 0 Å². The van der Waals surface area contributed by atoms with Gasteiger partial charge in [0, 0.05) is 16.5 Å². The Morgan fingerprint density at radius 1 is 0.914 bits per heavy atom. The van der Waals surface area contributed by atoms with E-state index in [1.54, 1.807) is 25.1 Å². The number of ether oxygens (including phenoxy) is 3. The molecule has 0 radical (unpaired) electrons. The van der Waals surface area contributed by atoms with Crippen molar-refractivity contribution in [1.29, 1.82) is 0 Å². The lowest BCUT2D eigenvalue weighted by atomic mass is 10.0. The first kappa shape index (κ1) is 24.2. The number of aromatic amines is 1. The Hall–Kier alpha value is -3.94. The number of rotatable bonds is 7. The lowest BCUT2D eigenvalue weighted by Gasteiger charge is -2.11. The molecule has 0 saturated heterocycles. The SMILES string of the molecule is CCOC(=O)c1[nH]c2ccc(Oc3ccc(C(F)(F)F)cc3)cc2c1-c1ccc(OC(C)C)cc1. The summed E-state index contributed by atoms with van der Waals surface area (Å²) in [4.78, 5) is 15.8. The molecule has 0 spiro atoms. The second-order valence-corrected chi connectivity index (χ2v) is 8.12. The first-order valence-electron chi connectivity index (χ1n) is 11.1. The number of alkyl halides is 3. The van der Waals surface area contributed by atoms with E-state index in [0.717, 1.165) is 17.7 Å². The summed E-state index contributed by atoms with van der Waals surface area (Å²) in [6, 6.07) is 17.0. The summed E-state index contributed by atoms with van der Waals surface area (Å²) in [5.41, 5.74) is 1.63. The molecule has 4 aromatic rings. The Bertz CT molecular complexity index is 1320. The van der Waals surface area contributed by atoms with Crippen molar-refractivity contribution in [1.82, 2.24) is 4.98 Å². The number of carbonyl (C=O) groups excluding carboxylic acids is 1. The van der Waals surface area contributed by atoms with Crippen molar-refractivity contribution in [2.45, 2.75) is 33.1 Å². The van der Waals surface area contributed by atoms with Gasteiger partial charge in [-0.2, -0.15) is 13.2 Å². The number of nitrogens with one attached hydrogen (secondary N) is 1. The van der Waals surface area contributed by atoms with Crippen LogP contribution in [-0.4, -0.2) is 23.7 Å². The van der Waals surface area contributed by atoms with Crippen molar-refractivity contribution >= 4 is 16.9 Å². The van der Waals surface area contributed by atoms with Crippen molar-refractivity contribution in [2.24, 2.45) is 0 Å². The van der Waals surface area contributed by atoms with Crippen LogP contribution in [-0.2, 0) is 10.9 Å². The fourth-order valence-corrected chi connectivity index (χ4v) is 3.71. The van der Waals surface area contributed by atoms with Gasteiger partial charge in [0.05, 0.1) is 18.3 Å². The van der Waals surface area contributed by atoms with Gasteiger partial charge in [-0.15, -0.1) is 0 Å². The smallest absolute Gasteiger partial charge is 0.416 e. The van der Waals surface area contributed by atoms with Crippen LogP contribution in [0.2, 0.25) is 0 Å². The third-order valence-electron chi connectivity index (χ3n) is 5.18. The van der Waals surface area contributed by atoms with Gasteiger partial charge in [-0.1, -0.05) is 12.1 Å². The molecule has 0 aliphatic carbocycles. The Kier molecular flexibility index (Phi) is 6.73. The number of hydrogen-bond donors (Lipinski definition) is 1. The predicted molar refractivity (Wildman–Crippen MR) is 127 cm³/mol. The first-order chi connectivity index (χ1) is 16.7. The minimum absolute atomic E-state index is 0.0222. The molecule has 0 aliphatic heterocycles. The molecule has 0 unspecified atom stereocenters. The van der Waals surface area contributed by atoms with Crippen LogP contribution in [0.15, 0.2) is 66.7 Å². The molecule has 3 aromatic carbocycles. The van der Waals surface area contributed by atoms with E-state index < -0.39 is 17.7 Å². The number of aromatic nitrogens is 1. The number of H-pyrrole nitrogens is 1. The standard InChI is InChI=1S/C27H24F3NO4/c1-4-33-26(32)25-24(17-5-9-19(10-6-17)34-16(2)3)22-15-21(13-14-23(22)31-25)35-20-11-7-18(8-12-20)27(28,29)30/h5-16,31H,4H2,1-3H3. The second kappa shape index (κ2) is 9.74. The van der Waals surface area contributed by atoms with E-state index in [0.29, 0.717) is 33.7 Å². The Labute approximate surface area is 200 Å². The van der Waals surface area contributed by atoms with Crippen LogP contribution in [0.5, 0.6) is 17.2 Å². The lowest BCUT2D eigenvalue weighted by Crippen LogP contribution is -2.07. The molecule has 1 N–H and O–H groups in total. The van der Waals surface area contributed by atoms with Crippen molar-refractivity contribution < 1.29 is 32.2 Å². The van der Waals surface area contributed by atoms with Gasteiger partial charge in [-0.3, -0.25) is 0 Å². The lowest BCUT2D eigenvalue weighted by molar-refractivity contribution is -0.137. The maximum absolute atomic E-state index is 12.8. The Balaban J connectivity index is 1.74. The minimum Gasteiger partial charge on any atom is -0.491 e. The summed E-state index contributed by atoms with van der Waals surface area (Å²) >= 11 is 0. The van der Waals surface area contributed by atoms with Crippen molar-refractivity contribution in [3.8, 4) is 28.4 Å². The summed E-state index contributed by atoms with van der Waals surface area (Å²) < 4.78 is 55.3. The van der Waals surface area contributed by atoms with Crippen LogP contribution < -0.4 is 9.47 Å². The number of esters is 1. The molecular formula is C27H24F3NO4. The van der Waals surface area contributed by atoms with Gasteiger partial charge in [-0.05, 0) is 80.9 Å². The first-order valence-corrected chi connectivity index (χ1v) is 11.1. The van der Waals surface area contributed by atoms with E-state index in [9.17, 15) is 18.0 Å². The highest BCUT2D eigenvalue weighted by atomic mass is 19.4. The molecule has 8 heteroatoms. The monoisotopic (exact) mass is 483 g/mol. The Morgan fingerprint density at radius 2 is 1.54 bits per heavy atom. The maximum atomic E-state index is 12.8. The second-order valence-electron chi connectivity index (χ2n) is 8.12. The average Bonchev–Trinajstić information content (AvgIpc) is 3.18. The zero-order valence-corrected chi connectivity index (χ0v) is 19.4. The van der Waals surface area contributed by atoms with Crippen LogP contribution in [0.4, 0.5) is 13.2 Å². The van der Waals surface area contributed by atoms with Gasteiger partial charge in [0.1, 0.15) is 22.9 Å². The van der Waals surface area contributed by atoms with E-state index in [2.05, 4.69) is 4.98 Å². The number of fused-ring (bicyclic) bond motifs is 1. The summed E-state index contributed by atoms with van der Waals surface area (Å²) in [6.07, 6.45) is -4.40. The van der Waals surface area contributed by atoms with Gasteiger partial charge in [-0.25, -0.2) is 4.79 Å². The summed E-state index contributed by atoms with van der Waals surface area (Å²) in [7, 11) is 0. The molecule has 0 amide bonds. The summed E-state index contributed by atoms with van der Waals surface area (Å²) in [6.45, 7) is 5.82. The molecule has 0 bridgehead atoms. The van der Waals surface area contributed by atoms with Crippen molar-refractivity contribution in [3.05, 3.63) is 78.0 Å². The normalized spacial score (nSPS) is 11.6. The number of benzene rings is 3. The molecule has 0 fully saturated rings. The van der Waals surface area contributed by atoms with Gasteiger partial charge in [0.25, 0.3) is 0 Å². The molecule has 1 heterocycles. The van der Waals surface area contributed by atoms with Crippen LogP contribution >= 0.6 is 0 Å². The molecule has 1 aromatic heterocycles. The topological polar surface area (TPSA) is 60.6 Å². The van der Waals surface area contributed by atoms with Gasteiger partial charge < -0.3 is 19.2 Å². The highest BCUT2D eigenvalue weighted by molar-refractivity contribution is 6.08. The average molecular weight is 483 g/mol. The summed E-state index contributed by atoms with van der Waals surface area (Å²) in [5, 5.41) is 0.704. The largest absolute Gasteiger partial charge is 0.491 e. The molecule has 182 valence electrons. The summed E-state index contributed by atoms with van der Waals surface area (Å²) in [5.74, 6) is 0.877. The van der Waals surface area contributed by atoms with Crippen LogP contribution in [0.1, 0.15) is 36.8 Å². The fourth-order valence-electron chi connectivity index (χ4n) is 3.71. The third-order valence-corrected chi connectivity index (χ3v) is 5.18. The molecule has 0 aliphatic rings. The van der Waals surface area contributed by atoms with Gasteiger partial charge >= 0.3 is 12.1 Å². The van der Waals surface area contributed by atoms with Crippen molar-refractivity contribution in [2.75, 3.05) is 6.61 Å². The minimum atomic E-state index is -4.42. The highest BCUT2D eigenvalue weighted by Gasteiger charge is 2.30. The molecule has 0 saturated carbocycles. The van der Waals surface area contributed by atoms with Crippen LogP contribution in [0, 0.1) is 0 Å². The predicted octanol–water partition coefficient (Wildman–Crippen LogP) is 7.61. The van der Waals surface area contributed by atoms with Gasteiger partial charge in [0.2, 0.25) is 0 Å². The zero-order chi connectivity index (χ0) is 25.2. The number of halogens is 3. The molecule has 0 atom stereocenters. The Morgan fingerprint density at radius 3 is 2.14 bits per heavy atom. The highest BCUT2D eigenvalue weighted by Crippen LogP contribution is 2.37. The van der Waals surface area contributed by atoms with E-state index in [4.69, 9.17) is 14.2 Å². The molecule has 5 nitrogen and oxygen atoms in total. The zero-order valence-electron chi connectivity index (χ0n) is 19.4. The molecule has 4 rings (SSSR count). The molecular weight excluding hydrogens is 459 g/mol. The quantitative estimate of drug-likeness (QED) is 0.275. The fraction of sp³-hybridized carbons (Fsp3) is 0.222. The molecule has 35 heavy (non-hydrogen) atoms. The van der Waals surface area contributed by atoms with Crippen LogP contribution in [0.25, 0.3) is 22.0 Å². The van der Waals surface area contributed by atoms with Gasteiger partial charge in [0.15, 0.2) is 0 Å². The third kappa shape index (κ3) is 5.42. The van der Waals surface area contributed by atoms with E-state index in [1.807, 2.05) is 38.1 Å². The number of hydrogen-bond acceptors (Lipinski definition) is 4. The van der Waals surface area contributed by atoms with E-state index in [1.165, 1.54) is 12.1 Å². The van der Waals surface area contributed by atoms with E-state index >= 15 is 0 Å². The van der Waals surface area contributed by atoms with Crippen LogP contribution in [0.3, 0.4) is 0 Å². The van der Waals surface area contributed by atoms with E-state index in [-0.39, 0.29) is 18.5 Å².